The van der Waals surface area contributed by atoms with Gasteiger partial charge in [-0.1, -0.05) is 12.5 Å². The van der Waals surface area contributed by atoms with E-state index in [0.717, 1.165) is 6.67 Å². The Labute approximate surface area is 87.1 Å². The van der Waals surface area contributed by atoms with E-state index in [1.165, 1.54) is 32.4 Å². The predicted molar refractivity (Wildman–Crippen MR) is 61.4 cm³/mol. The molecule has 80 valence electrons. The van der Waals surface area contributed by atoms with E-state index in [2.05, 4.69) is 21.8 Å². The standard InChI is InChI=1S/C11H21N3/c1-3-7-12-10-13(2)11-14-8-5-4-6-9-14/h3,7,10H,4-6,8-9,11H2,1-2H3/b7-3-,12-10?. The lowest BCUT2D eigenvalue weighted by Crippen LogP contribution is -2.38. The molecule has 3 heteroatoms. The summed E-state index contributed by atoms with van der Waals surface area (Å²) in [5.74, 6) is 0. The summed E-state index contributed by atoms with van der Waals surface area (Å²) in [4.78, 5) is 8.76. The number of hydrogen-bond acceptors (Lipinski definition) is 2. The molecule has 1 rings (SSSR count). The molecule has 0 aromatic carbocycles. The van der Waals surface area contributed by atoms with Crippen molar-refractivity contribution in [3.8, 4) is 0 Å². The zero-order valence-corrected chi connectivity index (χ0v) is 9.32. The maximum absolute atomic E-state index is 4.15. The molecule has 1 aliphatic heterocycles. The van der Waals surface area contributed by atoms with Gasteiger partial charge in [0, 0.05) is 13.2 Å². The highest BCUT2D eigenvalue weighted by Gasteiger charge is 2.09. The zero-order valence-electron chi connectivity index (χ0n) is 9.32. The van der Waals surface area contributed by atoms with Crippen LogP contribution in [0.15, 0.2) is 17.3 Å². The van der Waals surface area contributed by atoms with Crippen molar-refractivity contribution in [3.05, 3.63) is 12.3 Å². The van der Waals surface area contributed by atoms with Crippen LogP contribution in [0.2, 0.25) is 0 Å². The average molecular weight is 195 g/mol. The second-order valence-corrected chi connectivity index (χ2v) is 3.82. The van der Waals surface area contributed by atoms with E-state index in [9.17, 15) is 0 Å². The van der Waals surface area contributed by atoms with Crippen LogP contribution in [0, 0.1) is 0 Å². The van der Waals surface area contributed by atoms with E-state index in [4.69, 9.17) is 0 Å². The molecular weight excluding hydrogens is 174 g/mol. The van der Waals surface area contributed by atoms with Gasteiger partial charge < -0.3 is 4.90 Å². The van der Waals surface area contributed by atoms with Crippen LogP contribution < -0.4 is 0 Å². The second kappa shape index (κ2) is 6.60. The van der Waals surface area contributed by atoms with Gasteiger partial charge in [-0.15, -0.1) is 0 Å². The lowest BCUT2D eigenvalue weighted by Gasteiger charge is -2.29. The van der Waals surface area contributed by atoms with Gasteiger partial charge in [0.1, 0.15) is 0 Å². The molecule has 14 heavy (non-hydrogen) atoms. The van der Waals surface area contributed by atoms with Gasteiger partial charge in [-0.2, -0.15) is 0 Å². The molecule has 0 spiro atoms. The third-order valence-corrected chi connectivity index (χ3v) is 2.37. The molecule has 0 bridgehead atoms. The van der Waals surface area contributed by atoms with Gasteiger partial charge in [0.25, 0.3) is 0 Å². The first-order valence-electron chi connectivity index (χ1n) is 5.40. The van der Waals surface area contributed by atoms with E-state index in [-0.39, 0.29) is 0 Å². The molecule has 0 saturated carbocycles. The molecule has 0 amide bonds. The van der Waals surface area contributed by atoms with Crippen LogP contribution >= 0.6 is 0 Å². The first-order chi connectivity index (χ1) is 6.83. The summed E-state index contributed by atoms with van der Waals surface area (Å²) in [5.41, 5.74) is 0. The van der Waals surface area contributed by atoms with Crippen molar-refractivity contribution in [3.63, 3.8) is 0 Å². The topological polar surface area (TPSA) is 18.8 Å². The molecule has 0 aromatic heterocycles. The zero-order chi connectivity index (χ0) is 10.2. The third kappa shape index (κ3) is 4.42. The summed E-state index contributed by atoms with van der Waals surface area (Å²) in [6.45, 7) is 5.45. The fourth-order valence-corrected chi connectivity index (χ4v) is 1.69. The Hall–Kier alpha value is -0.830. The van der Waals surface area contributed by atoms with Crippen LogP contribution in [0.5, 0.6) is 0 Å². The van der Waals surface area contributed by atoms with Crippen LogP contribution in [0.4, 0.5) is 0 Å². The molecule has 0 atom stereocenters. The third-order valence-electron chi connectivity index (χ3n) is 2.37. The van der Waals surface area contributed by atoms with Gasteiger partial charge in [0.05, 0.1) is 13.0 Å². The first kappa shape index (κ1) is 11.2. The predicted octanol–water partition coefficient (Wildman–Crippen LogP) is 1.92. The minimum atomic E-state index is 1.00. The normalized spacial score (nSPS) is 19.6. The van der Waals surface area contributed by atoms with E-state index >= 15 is 0 Å². The van der Waals surface area contributed by atoms with Gasteiger partial charge in [0.2, 0.25) is 0 Å². The van der Waals surface area contributed by atoms with Crippen molar-refractivity contribution in [2.45, 2.75) is 26.2 Å². The molecule has 0 aromatic rings. The van der Waals surface area contributed by atoms with E-state index in [1.54, 1.807) is 0 Å². The average Bonchev–Trinajstić information content (AvgIpc) is 2.20. The lowest BCUT2D eigenvalue weighted by atomic mass is 10.1. The van der Waals surface area contributed by atoms with Crippen molar-refractivity contribution in [2.75, 3.05) is 26.8 Å². The van der Waals surface area contributed by atoms with Gasteiger partial charge >= 0.3 is 0 Å². The van der Waals surface area contributed by atoms with E-state index in [0.29, 0.717) is 0 Å². The maximum atomic E-state index is 4.15. The van der Waals surface area contributed by atoms with Crippen molar-refractivity contribution >= 4 is 6.34 Å². The largest absolute Gasteiger partial charge is 0.353 e. The number of likely N-dealkylation sites (tertiary alicyclic amines) is 1. The molecular formula is C11H21N3. The number of hydrogen-bond donors (Lipinski definition) is 0. The molecule has 0 N–H and O–H groups in total. The first-order valence-corrected chi connectivity index (χ1v) is 5.40. The minimum absolute atomic E-state index is 1.00. The number of allylic oxidation sites excluding steroid dienone is 1. The number of rotatable bonds is 4. The van der Waals surface area contributed by atoms with Crippen molar-refractivity contribution in [2.24, 2.45) is 4.99 Å². The van der Waals surface area contributed by atoms with E-state index in [1.807, 2.05) is 25.5 Å². The van der Waals surface area contributed by atoms with Gasteiger partial charge in [-0.3, -0.25) is 4.90 Å². The molecule has 3 nitrogen and oxygen atoms in total. The van der Waals surface area contributed by atoms with Gasteiger partial charge in [0.15, 0.2) is 0 Å². The van der Waals surface area contributed by atoms with Crippen molar-refractivity contribution in [1.82, 2.24) is 9.80 Å². The molecule has 1 heterocycles. The van der Waals surface area contributed by atoms with Gasteiger partial charge in [-0.25, -0.2) is 4.99 Å². The number of nitrogens with zero attached hydrogens (tertiary/aromatic N) is 3. The SMILES string of the molecule is C/C=C\N=CN(C)CN1CCCCC1. The van der Waals surface area contributed by atoms with Gasteiger partial charge in [-0.05, 0) is 32.9 Å². The summed E-state index contributed by atoms with van der Waals surface area (Å²) >= 11 is 0. The van der Waals surface area contributed by atoms with Crippen LogP contribution in [0.25, 0.3) is 0 Å². The highest BCUT2D eigenvalue weighted by molar-refractivity contribution is 5.55. The van der Waals surface area contributed by atoms with Crippen LogP contribution in [0.3, 0.4) is 0 Å². The summed E-state index contributed by atoms with van der Waals surface area (Å²) in [5, 5.41) is 0. The van der Waals surface area contributed by atoms with Crippen LogP contribution in [0.1, 0.15) is 26.2 Å². The monoisotopic (exact) mass is 195 g/mol. The molecule has 1 fully saturated rings. The Morgan fingerprint density at radius 1 is 1.29 bits per heavy atom. The fraction of sp³-hybridized carbons (Fsp3) is 0.727. The lowest BCUT2D eigenvalue weighted by molar-refractivity contribution is 0.175. The number of piperidine rings is 1. The second-order valence-electron chi connectivity index (χ2n) is 3.82. The molecule has 1 saturated heterocycles. The number of aliphatic imine (C=N–C) groups is 1. The van der Waals surface area contributed by atoms with Crippen molar-refractivity contribution in [1.29, 1.82) is 0 Å². The van der Waals surface area contributed by atoms with Crippen LogP contribution in [-0.2, 0) is 0 Å². The molecule has 0 aliphatic carbocycles. The summed E-state index contributed by atoms with van der Waals surface area (Å²) in [7, 11) is 2.07. The molecule has 0 radical (unpaired) electrons. The van der Waals surface area contributed by atoms with E-state index < -0.39 is 0 Å². The summed E-state index contributed by atoms with van der Waals surface area (Å²) in [6.07, 6.45) is 9.72. The quantitative estimate of drug-likeness (QED) is 0.504. The molecule has 0 unspecified atom stereocenters. The van der Waals surface area contributed by atoms with Crippen molar-refractivity contribution < 1.29 is 0 Å². The summed E-state index contributed by atoms with van der Waals surface area (Å²) in [6, 6.07) is 0. The maximum Gasteiger partial charge on any atom is 0.0912 e. The Morgan fingerprint density at radius 2 is 2.00 bits per heavy atom. The Morgan fingerprint density at radius 3 is 2.64 bits per heavy atom. The fourth-order valence-electron chi connectivity index (χ4n) is 1.69. The Balaban J connectivity index is 2.21. The Bertz CT molecular complexity index is 193. The Kier molecular flexibility index (Phi) is 5.30. The minimum Gasteiger partial charge on any atom is -0.353 e. The summed E-state index contributed by atoms with van der Waals surface area (Å²) < 4.78 is 0. The highest BCUT2D eigenvalue weighted by atomic mass is 15.3. The smallest absolute Gasteiger partial charge is 0.0912 e. The highest BCUT2D eigenvalue weighted by Crippen LogP contribution is 2.07. The van der Waals surface area contributed by atoms with Crippen LogP contribution in [-0.4, -0.2) is 42.9 Å². The molecule has 1 aliphatic rings.